The van der Waals surface area contributed by atoms with Gasteiger partial charge in [-0.1, -0.05) is 29.5 Å². The molecule has 0 spiro atoms. The summed E-state index contributed by atoms with van der Waals surface area (Å²) < 4.78 is 23.0. The quantitative estimate of drug-likeness (QED) is 0.881. The number of anilines is 1. The van der Waals surface area contributed by atoms with Gasteiger partial charge in [0.15, 0.2) is 5.01 Å². The first kappa shape index (κ1) is 12.9. The second kappa shape index (κ2) is 5.01. The number of primary sulfonamides is 1. The van der Waals surface area contributed by atoms with Crippen molar-refractivity contribution >= 4 is 26.5 Å². The van der Waals surface area contributed by atoms with Crippen LogP contribution in [0.5, 0.6) is 0 Å². The highest BCUT2D eigenvalue weighted by Crippen LogP contribution is 2.30. The number of benzene rings is 1. The molecule has 0 radical (unpaired) electrons. The molecule has 1 heterocycles. The van der Waals surface area contributed by atoms with E-state index < -0.39 is 10.0 Å². The summed E-state index contributed by atoms with van der Waals surface area (Å²) in [4.78, 5) is 0.0594. The maximum atomic E-state index is 11.5. The Kier molecular flexibility index (Phi) is 3.60. The number of hydrogen-bond donors (Lipinski definition) is 2. The van der Waals surface area contributed by atoms with Crippen molar-refractivity contribution in [3.8, 4) is 10.6 Å². The van der Waals surface area contributed by atoms with Crippen molar-refractivity contribution in [2.24, 2.45) is 5.14 Å². The average molecular weight is 284 g/mol. The van der Waals surface area contributed by atoms with Crippen LogP contribution in [0.25, 0.3) is 10.6 Å². The van der Waals surface area contributed by atoms with Crippen molar-refractivity contribution in [1.29, 1.82) is 0 Å². The third-order valence-corrected chi connectivity index (χ3v) is 4.06. The second-order valence-electron chi connectivity index (χ2n) is 3.48. The molecule has 0 aliphatic heterocycles. The highest BCUT2D eigenvalue weighted by Gasteiger charge is 2.17. The van der Waals surface area contributed by atoms with Gasteiger partial charge in [-0.15, -0.1) is 10.2 Å². The lowest BCUT2D eigenvalue weighted by Crippen LogP contribution is -2.13. The molecular formula is C10H12N4O2S2. The zero-order valence-electron chi connectivity index (χ0n) is 9.62. The maximum absolute atomic E-state index is 11.5. The monoisotopic (exact) mass is 284 g/mol. The zero-order chi connectivity index (χ0) is 13.2. The molecule has 96 valence electrons. The molecule has 2 aromatic rings. The molecule has 6 nitrogen and oxygen atoms in total. The van der Waals surface area contributed by atoms with E-state index in [1.807, 2.05) is 6.92 Å². The van der Waals surface area contributed by atoms with E-state index in [1.165, 1.54) is 17.4 Å². The van der Waals surface area contributed by atoms with Gasteiger partial charge in [-0.2, -0.15) is 0 Å². The van der Waals surface area contributed by atoms with Gasteiger partial charge < -0.3 is 5.32 Å². The van der Waals surface area contributed by atoms with Gasteiger partial charge in [0.05, 0.1) is 4.90 Å². The molecule has 0 fully saturated rings. The van der Waals surface area contributed by atoms with E-state index in [0.29, 0.717) is 15.7 Å². The van der Waals surface area contributed by atoms with Crippen LogP contribution in [0.2, 0.25) is 0 Å². The lowest BCUT2D eigenvalue weighted by molar-refractivity contribution is 0.598. The summed E-state index contributed by atoms with van der Waals surface area (Å²) in [6, 6.07) is 6.47. The lowest BCUT2D eigenvalue weighted by atomic mass is 10.2. The third kappa shape index (κ3) is 2.66. The van der Waals surface area contributed by atoms with Crippen LogP contribution in [0, 0.1) is 0 Å². The van der Waals surface area contributed by atoms with Crippen molar-refractivity contribution in [1.82, 2.24) is 10.2 Å². The van der Waals surface area contributed by atoms with Crippen LogP contribution in [-0.4, -0.2) is 25.2 Å². The van der Waals surface area contributed by atoms with Crippen LogP contribution in [0.1, 0.15) is 6.92 Å². The number of nitrogens with zero attached hydrogens (tertiary/aromatic N) is 2. The Labute approximate surface area is 109 Å². The molecule has 0 aliphatic rings. The number of nitrogens with one attached hydrogen (secondary N) is 1. The lowest BCUT2D eigenvalue weighted by Gasteiger charge is -2.03. The number of nitrogens with two attached hydrogens (primary N) is 1. The van der Waals surface area contributed by atoms with Crippen molar-refractivity contribution in [2.45, 2.75) is 11.8 Å². The fraction of sp³-hybridized carbons (Fsp3) is 0.200. The summed E-state index contributed by atoms with van der Waals surface area (Å²) >= 11 is 1.29. The van der Waals surface area contributed by atoms with Crippen molar-refractivity contribution in [2.75, 3.05) is 11.9 Å². The van der Waals surface area contributed by atoms with Crippen LogP contribution in [0.4, 0.5) is 5.13 Å². The first-order chi connectivity index (χ1) is 8.52. The van der Waals surface area contributed by atoms with E-state index in [2.05, 4.69) is 15.5 Å². The fourth-order valence-electron chi connectivity index (χ4n) is 1.45. The van der Waals surface area contributed by atoms with Crippen molar-refractivity contribution in [3.05, 3.63) is 24.3 Å². The minimum atomic E-state index is -3.77. The normalized spacial score (nSPS) is 11.4. The molecule has 0 unspecified atom stereocenters. The molecule has 1 aromatic heterocycles. The first-order valence-corrected chi connectivity index (χ1v) is 7.58. The highest BCUT2D eigenvalue weighted by molar-refractivity contribution is 7.89. The molecule has 0 bridgehead atoms. The van der Waals surface area contributed by atoms with Crippen molar-refractivity contribution in [3.63, 3.8) is 0 Å². The molecule has 2 rings (SSSR count). The number of hydrogen-bond acceptors (Lipinski definition) is 6. The molecular weight excluding hydrogens is 272 g/mol. The van der Waals surface area contributed by atoms with Gasteiger partial charge >= 0.3 is 0 Å². The molecule has 8 heteroatoms. The van der Waals surface area contributed by atoms with Gasteiger partial charge in [-0.25, -0.2) is 13.6 Å². The van der Waals surface area contributed by atoms with E-state index in [1.54, 1.807) is 18.2 Å². The molecule has 0 saturated heterocycles. The van der Waals surface area contributed by atoms with Gasteiger partial charge in [0.1, 0.15) is 0 Å². The maximum Gasteiger partial charge on any atom is 0.238 e. The Bertz CT molecular complexity index is 651. The minimum Gasteiger partial charge on any atom is -0.360 e. The van der Waals surface area contributed by atoms with E-state index in [9.17, 15) is 8.42 Å². The highest BCUT2D eigenvalue weighted by atomic mass is 32.2. The van der Waals surface area contributed by atoms with E-state index in [4.69, 9.17) is 5.14 Å². The summed E-state index contributed by atoms with van der Waals surface area (Å²) in [6.07, 6.45) is 0. The predicted octanol–water partition coefficient (Wildman–Crippen LogP) is 1.28. The van der Waals surface area contributed by atoms with Crippen LogP contribution >= 0.6 is 11.3 Å². The van der Waals surface area contributed by atoms with Crippen LogP contribution in [-0.2, 0) is 10.0 Å². The summed E-state index contributed by atoms with van der Waals surface area (Å²) in [6.45, 7) is 2.67. The third-order valence-electron chi connectivity index (χ3n) is 2.18. The van der Waals surface area contributed by atoms with Crippen LogP contribution < -0.4 is 10.5 Å². The summed E-state index contributed by atoms with van der Waals surface area (Å²) in [7, 11) is -3.77. The summed E-state index contributed by atoms with van der Waals surface area (Å²) in [5.74, 6) is 0. The summed E-state index contributed by atoms with van der Waals surface area (Å²) in [5, 5.41) is 17.3. The topological polar surface area (TPSA) is 98.0 Å². The molecule has 0 aliphatic carbocycles. The number of aromatic nitrogens is 2. The van der Waals surface area contributed by atoms with Crippen LogP contribution in [0.15, 0.2) is 29.2 Å². The second-order valence-corrected chi connectivity index (χ2v) is 5.99. The van der Waals surface area contributed by atoms with Crippen molar-refractivity contribution < 1.29 is 8.42 Å². The Morgan fingerprint density at radius 2 is 2.06 bits per heavy atom. The van der Waals surface area contributed by atoms with Gasteiger partial charge in [-0.05, 0) is 13.0 Å². The Hall–Kier alpha value is -1.51. The molecule has 0 amide bonds. The van der Waals surface area contributed by atoms with Gasteiger partial charge in [0.25, 0.3) is 0 Å². The summed E-state index contributed by atoms with van der Waals surface area (Å²) in [5.41, 5.74) is 0.474. The molecule has 0 atom stereocenters. The fourth-order valence-corrected chi connectivity index (χ4v) is 3.10. The van der Waals surface area contributed by atoms with E-state index in [-0.39, 0.29) is 4.90 Å². The van der Waals surface area contributed by atoms with Gasteiger partial charge in [-0.3, -0.25) is 0 Å². The Balaban J connectivity index is 2.50. The Morgan fingerprint density at radius 3 is 2.72 bits per heavy atom. The molecule has 0 saturated carbocycles. The molecule has 3 N–H and O–H groups in total. The number of sulfonamides is 1. The molecule has 18 heavy (non-hydrogen) atoms. The first-order valence-electron chi connectivity index (χ1n) is 5.22. The average Bonchev–Trinajstić information content (AvgIpc) is 2.77. The largest absolute Gasteiger partial charge is 0.360 e. The van der Waals surface area contributed by atoms with Gasteiger partial charge in [0, 0.05) is 12.1 Å². The zero-order valence-corrected chi connectivity index (χ0v) is 11.3. The minimum absolute atomic E-state index is 0.0594. The van der Waals surface area contributed by atoms with Crippen LogP contribution in [0.3, 0.4) is 0 Å². The smallest absolute Gasteiger partial charge is 0.238 e. The predicted molar refractivity (Wildman–Crippen MR) is 70.9 cm³/mol. The Morgan fingerprint density at radius 1 is 1.33 bits per heavy atom. The van der Waals surface area contributed by atoms with Gasteiger partial charge in [0.2, 0.25) is 15.2 Å². The van der Waals surface area contributed by atoms with E-state index >= 15 is 0 Å². The standard InChI is InChI=1S/C10H12N4O2S2/c1-2-12-10-14-13-9(17-10)7-5-3-4-6-8(7)18(11,15)16/h3-6H,2H2,1H3,(H,12,14)(H2,11,15,16). The SMILES string of the molecule is CCNc1nnc(-c2ccccc2S(N)(=O)=O)s1. The van der Waals surface area contributed by atoms with E-state index in [0.717, 1.165) is 6.54 Å². The molecule has 1 aromatic carbocycles. The number of rotatable bonds is 4.